The second kappa shape index (κ2) is 6.38. The first-order valence-corrected chi connectivity index (χ1v) is 6.03. The van der Waals surface area contributed by atoms with E-state index < -0.39 is 14.8 Å². The molecule has 0 spiro atoms. The van der Waals surface area contributed by atoms with Gasteiger partial charge in [-0.1, -0.05) is 40.9 Å². The quantitative estimate of drug-likeness (QED) is 0.354. The van der Waals surface area contributed by atoms with Crippen LogP contribution in [0.15, 0.2) is 36.9 Å². The Morgan fingerprint density at radius 3 is 2.33 bits per heavy atom. The Balaban J connectivity index is 2.98. The molecule has 18 heavy (non-hydrogen) atoms. The number of rotatable bonds is 5. The lowest BCUT2D eigenvalue weighted by molar-refractivity contribution is -0.384. The minimum atomic E-state index is -1.67. The van der Waals surface area contributed by atoms with Crippen molar-refractivity contribution in [2.24, 2.45) is 0 Å². The van der Waals surface area contributed by atoms with Gasteiger partial charge in [-0.05, 0) is 17.7 Å². The summed E-state index contributed by atoms with van der Waals surface area (Å²) in [4.78, 5) is 10.0. The Hall–Kier alpha value is -0.810. The number of halogens is 3. The zero-order valence-corrected chi connectivity index (χ0v) is 11.5. The largest absolute Gasteiger partial charge is 0.365 e. The molecule has 1 rings (SSSR count). The molecule has 1 aromatic carbocycles. The first-order chi connectivity index (χ1) is 8.36. The lowest BCUT2D eigenvalue weighted by Gasteiger charge is -2.24. The van der Waals surface area contributed by atoms with Gasteiger partial charge in [0.25, 0.3) is 5.69 Å². The fraction of sp³-hybridized carbons (Fsp3) is 0.273. The van der Waals surface area contributed by atoms with E-state index in [0.29, 0.717) is 5.56 Å². The molecular formula is C11H10Cl3NO3. The topological polar surface area (TPSA) is 52.4 Å². The zero-order valence-electron chi connectivity index (χ0n) is 9.18. The van der Waals surface area contributed by atoms with E-state index in [0.717, 1.165) is 0 Å². The molecule has 0 heterocycles. The third-order valence-electron chi connectivity index (χ3n) is 2.08. The Labute approximate surface area is 119 Å². The van der Waals surface area contributed by atoms with Crippen molar-refractivity contribution in [1.82, 2.24) is 0 Å². The molecule has 4 nitrogen and oxygen atoms in total. The maximum absolute atomic E-state index is 10.5. The van der Waals surface area contributed by atoms with Crippen molar-refractivity contribution in [3.8, 4) is 0 Å². The van der Waals surface area contributed by atoms with Gasteiger partial charge in [0, 0.05) is 12.1 Å². The second-order valence-electron chi connectivity index (χ2n) is 3.39. The van der Waals surface area contributed by atoms with Crippen LogP contribution >= 0.6 is 34.8 Å². The van der Waals surface area contributed by atoms with Crippen molar-refractivity contribution in [3.05, 3.63) is 52.6 Å². The van der Waals surface area contributed by atoms with E-state index in [9.17, 15) is 10.1 Å². The molecule has 1 unspecified atom stereocenters. The fourth-order valence-electron chi connectivity index (χ4n) is 1.31. The van der Waals surface area contributed by atoms with Crippen LogP contribution in [0.2, 0.25) is 0 Å². The highest BCUT2D eigenvalue weighted by Crippen LogP contribution is 2.42. The van der Waals surface area contributed by atoms with E-state index in [-0.39, 0.29) is 12.3 Å². The lowest BCUT2D eigenvalue weighted by atomic mass is 10.1. The summed E-state index contributed by atoms with van der Waals surface area (Å²) in [5.41, 5.74) is 0.507. The Morgan fingerprint density at radius 1 is 1.39 bits per heavy atom. The molecule has 0 aromatic heterocycles. The highest BCUT2D eigenvalue weighted by Gasteiger charge is 2.34. The van der Waals surface area contributed by atoms with Crippen LogP contribution in [0.1, 0.15) is 11.7 Å². The Bertz CT molecular complexity index is 428. The molecule has 0 amide bonds. The lowest BCUT2D eigenvalue weighted by Crippen LogP contribution is -2.20. The summed E-state index contributed by atoms with van der Waals surface area (Å²) in [6.07, 6.45) is 0.704. The summed E-state index contributed by atoms with van der Waals surface area (Å²) in [5.74, 6) is 0. The summed E-state index contributed by atoms with van der Waals surface area (Å²) >= 11 is 17.4. The maximum Gasteiger partial charge on any atom is 0.269 e. The van der Waals surface area contributed by atoms with E-state index >= 15 is 0 Å². The summed E-state index contributed by atoms with van der Waals surface area (Å²) in [7, 11) is 0. The van der Waals surface area contributed by atoms with Crippen molar-refractivity contribution in [3.63, 3.8) is 0 Å². The molecule has 0 aliphatic carbocycles. The molecule has 1 aromatic rings. The summed E-state index contributed by atoms with van der Waals surface area (Å²) < 4.78 is 3.69. The van der Waals surface area contributed by atoms with Crippen LogP contribution in [0, 0.1) is 10.1 Å². The maximum atomic E-state index is 10.5. The molecular weight excluding hydrogens is 300 g/mol. The highest BCUT2D eigenvalue weighted by molar-refractivity contribution is 6.68. The van der Waals surface area contributed by atoms with E-state index in [1.165, 1.54) is 30.3 Å². The van der Waals surface area contributed by atoms with Gasteiger partial charge in [-0.15, -0.1) is 6.58 Å². The Morgan fingerprint density at radius 2 is 1.94 bits per heavy atom. The van der Waals surface area contributed by atoms with E-state index in [4.69, 9.17) is 39.5 Å². The molecule has 7 heteroatoms. The number of hydrogen-bond donors (Lipinski definition) is 0. The van der Waals surface area contributed by atoms with E-state index in [2.05, 4.69) is 6.58 Å². The molecule has 0 bridgehead atoms. The number of non-ortho nitro benzene ring substituents is 1. The van der Waals surface area contributed by atoms with Crippen LogP contribution in [-0.2, 0) is 4.74 Å². The van der Waals surface area contributed by atoms with Gasteiger partial charge in [-0.25, -0.2) is 0 Å². The number of ether oxygens (including phenoxy) is 1. The van der Waals surface area contributed by atoms with Gasteiger partial charge < -0.3 is 4.74 Å². The third-order valence-corrected chi connectivity index (χ3v) is 2.68. The SMILES string of the molecule is C=CCOC(c1ccc([N+](=O)[O-])cc1)C(Cl)(Cl)Cl. The number of alkyl halides is 3. The summed E-state index contributed by atoms with van der Waals surface area (Å²) in [6, 6.07) is 5.65. The standard InChI is InChI=1S/C11H10Cl3NO3/c1-2-7-18-10(11(12,13)14)8-3-5-9(6-4-8)15(16)17/h2-6,10H,1,7H2. The van der Waals surface area contributed by atoms with Crippen molar-refractivity contribution in [2.45, 2.75) is 9.90 Å². The first kappa shape index (κ1) is 15.2. The second-order valence-corrected chi connectivity index (χ2v) is 5.76. The number of benzene rings is 1. The molecule has 0 radical (unpaired) electrons. The van der Waals surface area contributed by atoms with Crippen LogP contribution in [0.25, 0.3) is 0 Å². The smallest absolute Gasteiger partial charge is 0.269 e. The minimum absolute atomic E-state index is 0.0365. The van der Waals surface area contributed by atoms with Crippen molar-refractivity contribution < 1.29 is 9.66 Å². The number of hydrogen-bond acceptors (Lipinski definition) is 3. The molecule has 0 aliphatic heterocycles. The summed E-state index contributed by atoms with van der Waals surface area (Å²) in [5, 5.41) is 10.5. The van der Waals surface area contributed by atoms with Crippen LogP contribution in [0.3, 0.4) is 0 Å². The molecule has 1 atom stereocenters. The van der Waals surface area contributed by atoms with Gasteiger partial charge in [-0.2, -0.15) is 0 Å². The molecule has 0 aliphatic rings. The Kier molecular flexibility index (Phi) is 5.41. The number of nitrogens with zero attached hydrogens (tertiary/aromatic N) is 1. The molecule has 0 N–H and O–H groups in total. The van der Waals surface area contributed by atoms with Gasteiger partial charge in [-0.3, -0.25) is 10.1 Å². The first-order valence-electron chi connectivity index (χ1n) is 4.90. The van der Waals surface area contributed by atoms with Gasteiger partial charge in [0.2, 0.25) is 3.79 Å². The van der Waals surface area contributed by atoms with Crippen LogP contribution in [0.4, 0.5) is 5.69 Å². The van der Waals surface area contributed by atoms with Crippen molar-refractivity contribution >= 4 is 40.5 Å². The van der Waals surface area contributed by atoms with Gasteiger partial charge >= 0.3 is 0 Å². The van der Waals surface area contributed by atoms with Gasteiger partial charge in [0.15, 0.2) is 0 Å². The van der Waals surface area contributed by atoms with Crippen molar-refractivity contribution in [2.75, 3.05) is 6.61 Å². The zero-order chi connectivity index (χ0) is 13.8. The third kappa shape index (κ3) is 4.14. The minimum Gasteiger partial charge on any atom is -0.365 e. The van der Waals surface area contributed by atoms with Crippen LogP contribution in [0.5, 0.6) is 0 Å². The van der Waals surface area contributed by atoms with E-state index in [1.54, 1.807) is 0 Å². The van der Waals surface area contributed by atoms with Crippen LogP contribution < -0.4 is 0 Å². The monoisotopic (exact) mass is 309 g/mol. The van der Waals surface area contributed by atoms with Gasteiger partial charge in [0.1, 0.15) is 6.10 Å². The average molecular weight is 311 g/mol. The van der Waals surface area contributed by atoms with Gasteiger partial charge in [0.05, 0.1) is 11.5 Å². The highest BCUT2D eigenvalue weighted by atomic mass is 35.6. The number of nitro groups is 1. The summed E-state index contributed by atoms with van der Waals surface area (Å²) in [6.45, 7) is 3.71. The normalized spacial score (nSPS) is 13.1. The van der Waals surface area contributed by atoms with E-state index in [1.807, 2.05) is 0 Å². The van der Waals surface area contributed by atoms with Crippen LogP contribution in [-0.4, -0.2) is 15.3 Å². The van der Waals surface area contributed by atoms with Crippen molar-refractivity contribution in [1.29, 1.82) is 0 Å². The molecule has 0 saturated carbocycles. The number of nitro benzene ring substituents is 1. The molecule has 98 valence electrons. The molecule has 0 fully saturated rings. The average Bonchev–Trinajstić information content (AvgIpc) is 2.28. The predicted molar refractivity (Wildman–Crippen MR) is 72.3 cm³/mol. The fourth-order valence-corrected chi connectivity index (χ4v) is 1.88. The molecule has 0 saturated heterocycles. The predicted octanol–water partition coefficient (Wildman–Crippen LogP) is 4.21.